The second-order valence-electron chi connectivity index (χ2n) is 3.66. The van der Waals surface area contributed by atoms with E-state index in [1.54, 1.807) is 0 Å². The Labute approximate surface area is 88.7 Å². The van der Waals surface area contributed by atoms with Crippen LogP contribution in [-0.4, -0.2) is 47.3 Å². The Hall–Kier alpha value is -1.14. The Bertz CT molecular complexity index is 228. The summed E-state index contributed by atoms with van der Waals surface area (Å²) in [6.07, 6.45) is 0.154. The van der Waals surface area contributed by atoms with Crippen molar-refractivity contribution in [2.24, 2.45) is 0 Å². The molecule has 0 bridgehead atoms. The zero-order chi connectivity index (χ0) is 11.9. The normalized spacial score (nSPS) is 14.1. The fourth-order valence-corrected chi connectivity index (χ4v) is 0.785. The van der Waals surface area contributed by atoms with Crippen LogP contribution in [0.1, 0.15) is 20.3 Å². The molecule has 0 aliphatic heterocycles. The largest absolute Gasteiger partial charge is 0.393 e. The van der Waals surface area contributed by atoms with Gasteiger partial charge in [-0.05, 0) is 6.92 Å². The molecule has 2 amide bonds. The molecule has 6 nitrogen and oxygen atoms in total. The van der Waals surface area contributed by atoms with E-state index in [0.29, 0.717) is 0 Å². The maximum Gasteiger partial charge on any atom is 0.221 e. The van der Waals surface area contributed by atoms with Gasteiger partial charge in [0, 0.05) is 26.4 Å². The van der Waals surface area contributed by atoms with E-state index in [1.807, 2.05) is 0 Å². The third kappa shape index (κ3) is 7.90. The zero-order valence-electron chi connectivity index (χ0n) is 9.04. The highest BCUT2D eigenvalue weighted by Crippen LogP contribution is 1.98. The Morgan fingerprint density at radius 2 is 1.93 bits per heavy atom. The van der Waals surface area contributed by atoms with E-state index in [9.17, 15) is 14.7 Å². The molecule has 0 aliphatic carbocycles. The van der Waals surface area contributed by atoms with Gasteiger partial charge in [-0.25, -0.2) is 0 Å². The third-order valence-corrected chi connectivity index (χ3v) is 1.73. The lowest BCUT2D eigenvalue weighted by atomic mass is 10.1. The van der Waals surface area contributed by atoms with Crippen molar-refractivity contribution in [3.63, 3.8) is 0 Å². The summed E-state index contributed by atoms with van der Waals surface area (Å²) < 4.78 is 0. The van der Waals surface area contributed by atoms with Gasteiger partial charge in [0.05, 0.1) is 6.61 Å². The molecule has 0 aromatic heterocycles. The topological polar surface area (TPSA) is 98.7 Å². The average molecular weight is 218 g/mol. The van der Waals surface area contributed by atoms with Crippen molar-refractivity contribution in [1.29, 1.82) is 0 Å². The summed E-state index contributed by atoms with van der Waals surface area (Å²) in [5.41, 5.74) is -1.30. The minimum Gasteiger partial charge on any atom is -0.393 e. The first-order valence-electron chi connectivity index (χ1n) is 4.72. The minimum atomic E-state index is -1.30. The molecular formula is C9H18N2O4. The lowest BCUT2D eigenvalue weighted by Gasteiger charge is -2.20. The number of nitrogens with one attached hydrogen (secondary N) is 2. The van der Waals surface area contributed by atoms with E-state index in [-0.39, 0.29) is 31.3 Å². The summed E-state index contributed by atoms with van der Waals surface area (Å²) in [4.78, 5) is 21.6. The summed E-state index contributed by atoms with van der Waals surface area (Å²) in [7, 11) is 0. The summed E-state index contributed by atoms with van der Waals surface area (Å²) >= 11 is 0. The fourth-order valence-electron chi connectivity index (χ4n) is 0.785. The number of amides is 2. The first kappa shape index (κ1) is 13.9. The van der Waals surface area contributed by atoms with E-state index in [4.69, 9.17) is 5.11 Å². The van der Waals surface area contributed by atoms with Gasteiger partial charge in [0.25, 0.3) is 0 Å². The molecule has 88 valence electrons. The number of aliphatic hydroxyl groups is 2. The van der Waals surface area contributed by atoms with Crippen LogP contribution in [0, 0.1) is 0 Å². The second kappa shape index (κ2) is 6.36. The number of aliphatic hydroxyl groups excluding tert-OH is 1. The molecule has 0 saturated carbocycles. The average Bonchev–Trinajstić information content (AvgIpc) is 2.14. The van der Waals surface area contributed by atoms with Crippen LogP contribution < -0.4 is 10.6 Å². The van der Waals surface area contributed by atoms with Crippen LogP contribution in [0.4, 0.5) is 0 Å². The Kier molecular flexibility index (Phi) is 5.88. The van der Waals surface area contributed by atoms with E-state index in [0.717, 1.165) is 0 Å². The molecule has 0 radical (unpaired) electrons. The smallest absolute Gasteiger partial charge is 0.221 e. The molecule has 0 saturated heterocycles. The molecule has 15 heavy (non-hydrogen) atoms. The number of carbonyl (C=O) groups excluding carboxylic acids is 2. The predicted octanol–water partition coefficient (Wildman–Crippen LogP) is -1.63. The van der Waals surface area contributed by atoms with Crippen molar-refractivity contribution in [2.75, 3.05) is 19.7 Å². The number of carbonyl (C=O) groups is 2. The van der Waals surface area contributed by atoms with Crippen LogP contribution in [-0.2, 0) is 9.59 Å². The van der Waals surface area contributed by atoms with Crippen molar-refractivity contribution in [1.82, 2.24) is 10.6 Å². The van der Waals surface area contributed by atoms with Gasteiger partial charge < -0.3 is 20.8 Å². The molecule has 4 N–H and O–H groups in total. The predicted molar refractivity (Wildman–Crippen MR) is 54.0 cm³/mol. The molecule has 0 aromatic rings. The first-order valence-corrected chi connectivity index (χ1v) is 4.72. The quantitative estimate of drug-likeness (QED) is 0.430. The Morgan fingerprint density at radius 3 is 2.40 bits per heavy atom. The minimum absolute atomic E-state index is 0.0115. The first-order chi connectivity index (χ1) is 6.87. The number of hydrogen-bond donors (Lipinski definition) is 4. The molecule has 0 spiro atoms. The van der Waals surface area contributed by atoms with Gasteiger partial charge in [-0.3, -0.25) is 9.59 Å². The van der Waals surface area contributed by atoms with Crippen LogP contribution in [0.5, 0.6) is 0 Å². The van der Waals surface area contributed by atoms with Gasteiger partial charge in [-0.2, -0.15) is 0 Å². The van der Waals surface area contributed by atoms with Crippen LogP contribution in [0.15, 0.2) is 0 Å². The lowest BCUT2D eigenvalue weighted by Crippen LogP contribution is -2.43. The van der Waals surface area contributed by atoms with Crippen molar-refractivity contribution in [3.05, 3.63) is 0 Å². The van der Waals surface area contributed by atoms with E-state index < -0.39 is 12.2 Å². The summed E-state index contributed by atoms with van der Waals surface area (Å²) in [6.45, 7) is 2.62. The van der Waals surface area contributed by atoms with Gasteiger partial charge in [-0.1, -0.05) is 0 Å². The fraction of sp³-hybridized carbons (Fsp3) is 0.778. The highest BCUT2D eigenvalue weighted by molar-refractivity contribution is 5.77. The van der Waals surface area contributed by atoms with Crippen LogP contribution in [0.3, 0.4) is 0 Å². The number of hydrogen-bond acceptors (Lipinski definition) is 4. The molecule has 0 aliphatic rings. The van der Waals surface area contributed by atoms with Crippen LogP contribution >= 0.6 is 0 Å². The van der Waals surface area contributed by atoms with Crippen LogP contribution in [0.2, 0.25) is 0 Å². The van der Waals surface area contributed by atoms with Crippen LogP contribution in [0.25, 0.3) is 0 Å². The molecule has 6 heteroatoms. The van der Waals surface area contributed by atoms with Crippen molar-refractivity contribution < 1.29 is 19.8 Å². The lowest BCUT2D eigenvalue weighted by molar-refractivity contribution is -0.122. The summed E-state index contributed by atoms with van der Waals surface area (Å²) in [6, 6.07) is 0. The highest BCUT2D eigenvalue weighted by atomic mass is 16.3. The van der Waals surface area contributed by atoms with Crippen molar-refractivity contribution in [2.45, 2.75) is 25.9 Å². The molecule has 0 heterocycles. The zero-order valence-corrected chi connectivity index (χ0v) is 9.04. The second-order valence-corrected chi connectivity index (χ2v) is 3.66. The summed E-state index contributed by atoms with van der Waals surface area (Å²) in [5, 5.41) is 23.0. The molecule has 0 fully saturated rings. The van der Waals surface area contributed by atoms with Gasteiger partial charge in [0.1, 0.15) is 5.60 Å². The van der Waals surface area contributed by atoms with E-state index in [1.165, 1.54) is 13.8 Å². The third-order valence-electron chi connectivity index (χ3n) is 1.73. The van der Waals surface area contributed by atoms with Gasteiger partial charge >= 0.3 is 0 Å². The molecule has 1 atom stereocenters. The summed E-state index contributed by atoms with van der Waals surface area (Å²) in [5.74, 6) is -0.470. The SMILES string of the molecule is CC(=O)NCCC(=O)NCC(C)(O)CO. The van der Waals surface area contributed by atoms with E-state index >= 15 is 0 Å². The monoisotopic (exact) mass is 218 g/mol. The maximum atomic E-state index is 11.1. The van der Waals surface area contributed by atoms with Gasteiger partial charge in [-0.15, -0.1) is 0 Å². The van der Waals surface area contributed by atoms with Crippen molar-refractivity contribution in [3.8, 4) is 0 Å². The van der Waals surface area contributed by atoms with Gasteiger partial charge in [0.15, 0.2) is 0 Å². The number of rotatable bonds is 6. The van der Waals surface area contributed by atoms with Gasteiger partial charge in [0.2, 0.25) is 11.8 Å². The molecule has 0 aromatic carbocycles. The maximum absolute atomic E-state index is 11.1. The van der Waals surface area contributed by atoms with E-state index in [2.05, 4.69) is 10.6 Å². The Morgan fingerprint density at radius 1 is 1.33 bits per heavy atom. The standard InChI is InChI=1S/C9H18N2O4/c1-7(13)10-4-3-8(14)11-5-9(2,15)6-12/h12,15H,3-6H2,1-2H3,(H,10,13)(H,11,14). The molecule has 1 unspecified atom stereocenters. The molecular weight excluding hydrogens is 200 g/mol. The Balaban J connectivity index is 3.62. The highest BCUT2D eigenvalue weighted by Gasteiger charge is 2.19. The molecule has 0 rings (SSSR count). The van der Waals surface area contributed by atoms with Crippen molar-refractivity contribution >= 4 is 11.8 Å².